The molecule has 2 heterocycles. The molecule has 0 amide bonds. The van der Waals surface area contributed by atoms with Crippen molar-refractivity contribution < 1.29 is 13.9 Å². The van der Waals surface area contributed by atoms with E-state index in [1.165, 1.54) is 12.1 Å². The Hall–Kier alpha value is -2.54. The van der Waals surface area contributed by atoms with Crippen LogP contribution in [0.5, 0.6) is 11.5 Å². The number of benzene rings is 2. The third-order valence-electron chi connectivity index (χ3n) is 3.95. The van der Waals surface area contributed by atoms with E-state index < -0.39 is 0 Å². The van der Waals surface area contributed by atoms with Crippen LogP contribution < -0.4 is 9.47 Å². The molecule has 0 saturated carbocycles. The van der Waals surface area contributed by atoms with Gasteiger partial charge >= 0.3 is 0 Å². The van der Waals surface area contributed by atoms with Gasteiger partial charge in [0.25, 0.3) is 0 Å². The molecule has 0 saturated heterocycles. The third-order valence-corrected chi connectivity index (χ3v) is 5.04. The number of nitrogens with zero attached hydrogens (tertiary/aromatic N) is 3. The summed E-state index contributed by atoms with van der Waals surface area (Å²) in [6.07, 6.45) is -0.299. The van der Waals surface area contributed by atoms with Gasteiger partial charge in [-0.2, -0.15) is 0 Å². The molecule has 0 N–H and O–H groups in total. The molecule has 25 heavy (non-hydrogen) atoms. The van der Waals surface area contributed by atoms with E-state index in [-0.39, 0.29) is 11.9 Å². The fraction of sp³-hybridized carbons (Fsp3) is 0.222. The molecular formula is C18H16FN3O2S. The molecule has 5 nitrogen and oxygen atoms in total. The molecule has 1 atom stereocenters. The zero-order chi connectivity index (χ0) is 17.2. The van der Waals surface area contributed by atoms with E-state index in [0.717, 1.165) is 22.3 Å². The van der Waals surface area contributed by atoms with Crippen LogP contribution in [0.4, 0.5) is 4.39 Å². The summed E-state index contributed by atoms with van der Waals surface area (Å²) in [6.45, 7) is 0.394. The lowest BCUT2D eigenvalue weighted by atomic mass is 10.2. The number of halogens is 1. The van der Waals surface area contributed by atoms with Crippen molar-refractivity contribution in [1.82, 2.24) is 14.8 Å². The first kappa shape index (κ1) is 16.0. The fourth-order valence-corrected chi connectivity index (χ4v) is 3.48. The number of para-hydroxylation sites is 2. The summed E-state index contributed by atoms with van der Waals surface area (Å²) in [5, 5.41) is 9.29. The number of ether oxygens (including phenoxy) is 2. The average Bonchev–Trinajstić information content (AvgIpc) is 3.01. The largest absolute Gasteiger partial charge is 0.485 e. The molecule has 0 aliphatic carbocycles. The molecule has 0 fully saturated rings. The molecule has 3 aromatic rings. The molecule has 1 unspecified atom stereocenters. The molecule has 7 heteroatoms. The van der Waals surface area contributed by atoms with E-state index >= 15 is 0 Å². The lowest BCUT2D eigenvalue weighted by Gasteiger charge is -2.25. The molecular weight excluding hydrogens is 341 g/mol. The average molecular weight is 357 g/mol. The molecule has 0 bridgehead atoms. The number of rotatable bonds is 4. The van der Waals surface area contributed by atoms with Crippen molar-refractivity contribution in [3.8, 4) is 11.5 Å². The van der Waals surface area contributed by atoms with Crippen LogP contribution in [0.15, 0.2) is 53.7 Å². The number of hydrogen-bond donors (Lipinski definition) is 0. The Labute approximate surface area is 148 Å². The van der Waals surface area contributed by atoms with Gasteiger partial charge in [-0.15, -0.1) is 10.2 Å². The van der Waals surface area contributed by atoms with Crippen molar-refractivity contribution in [2.75, 3.05) is 6.61 Å². The lowest BCUT2D eigenvalue weighted by Crippen LogP contribution is -2.24. The zero-order valence-electron chi connectivity index (χ0n) is 13.6. The van der Waals surface area contributed by atoms with Gasteiger partial charge in [0.2, 0.25) is 0 Å². The normalized spacial score (nSPS) is 16.0. The molecule has 4 rings (SSSR count). The minimum absolute atomic E-state index is 0.232. The first-order valence-corrected chi connectivity index (χ1v) is 8.84. The summed E-state index contributed by atoms with van der Waals surface area (Å²) < 4.78 is 26.6. The van der Waals surface area contributed by atoms with Crippen molar-refractivity contribution in [2.45, 2.75) is 17.0 Å². The highest BCUT2D eigenvalue weighted by atomic mass is 32.2. The SMILES string of the molecule is Cn1c(SCc2ccc(F)cc2)nnc1C1COc2ccccc2O1. The van der Waals surface area contributed by atoms with Gasteiger partial charge in [-0.25, -0.2) is 4.39 Å². The summed E-state index contributed by atoms with van der Waals surface area (Å²) in [5.41, 5.74) is 1.03. The van der Waals surface area contributed by atoms with Crippen LogP contribution in [0, 0.1) is 5.82 Å². The summed E-state index contributed by atoms with van der Waals surface area (Å²) in [4.78, 5) is 0. The first-order chi connectivity index (χ1) is 12.2. The number of thioether (sulfide) groups is 1. The summed E-state index contributed by atoms with van der Waals surface area (Å²) in [7, 11) is 1.91. The maximum Gasteiger partial charge on any atom is 0.192 e. The Kier molecular flexibility index (Phi) is 4.31. The topological polar surface area (TPSA) is 49.2 Å². The Balaban J connectivity index is 1.47. The van der Waals surface area contributed by atoms with E-state index in [1.807, 2.05) is 35.9 Å². The molecule has 1 aliphatic rings. The smallest absolute Gasteiger partial charge is 0.192 e. The number of fused-ring (bicyclic) bond motifs is 1. The summed E-state index contributed by atoms with van der Waals surface area (Å²) >= 11 is 1.55. The molecule has 0 radical (unpaired) electrons. The third kappa shape index (κ3) is 3.32. The second kappa shape index (κ2) is 6.76. The Morgan fingerprint density at radius 2 is 1.88 bits per heavy atom. The van der Waals surface area contributed by atoms with Crippen molar-refractivity contribution in [3.05, 3.63) is 65.7 Å². The van der Waals surface area contributed by atoms with Gasteiger partial charge in [0.1, 0.15) is 12.4 Å². The quantitative estimate of drug-likeness (QED) is 0.666. The first-order valence-electron chi connectivity index (χ1n) is 7.86. The highest BCUT2D eigenvalue weighted by Gasteiger charge is 2.27. The van der Waals surface area contributed by atoms with Gasteiger partial charge < -0.3 is 14.0 Å². The van der Waals surface area contributed by atoms with Gasteiger partial charge in [0, 0.05) is 12.8 Å². The van der Waals surface area contributed by atoms with Crippen LogP contribution in [0.25, 0.3) is 0 Å². The van der Waals surface area contributed by atoms with Crippen LogP contribution in [0.2, 0.25) is 0 Å². The predicted molar refractivity (Wildman–Crippen MR) is 92.3 cm³/mol. The maximum atomic E-state index is 13.0. The van der Waals surface area contributed by atoms with Gasteiger partial charge in [0.05, 0.1) is 0 Å². The zero-order valence-corrected chi connectivity index (χ0v) is 14.4. The van der Waals surface area contributed by atoms with E-state index in [9.17, 15) is 4.39 Å². The standard InChI is InChI=1S/C18H16FN3O2S/c1-22-17(16-10-23-14-4-2-3-5-15(14)24-16)20-21-18(22)25-11-12-6-8-13(19)9-7-12/h2-9,16H,10-11H2,1H3. The monoisotopic (exact) mass is 357 g/mol. The van der Waals surface area contributed by atoms with Gasteiger partial charge in [0.15, 0.2) is 28.6 Å². The molecule has 128 valence electrons. The molecule has 1 aromatic heterocycles. The number of hydrogen-bond acceptors (Lipinski definition) is 5. The van der Waals surface area contributed by atoms with E-state index in [1.54, 1.807) is 23.9 Å². The van der Waals surface area contributed by atoms with E-state index in [0.29, 0.717) is 18.1 Å². The Morgan fingerprint density at radius 1 is 1.12 bits per heavy atom. The van der Waals surface area contributed by atoms with Crippen molar-refractivity contribution >= 4 is 11.8 Å². The lowest BCUT2D eigenvalue weighted by molar-refractivity contribution is 0.0825. The second-order valence-corrected chi connectivity index (χ2v) is 6.62. The molecule has 0 spiro atoms. The van der Waals surface area contributed by atoms with E-state index in [4.69, 9.17) is 9.47 Å². The minimum atomic E-state index is -0.299. The number of aromatic nitrogens is 3. The van der Waals surface area contributed by atoms with Crippen LogP contribution in [-0.2, 0) is 12.8 Å². The Morgan fingerprint density at radius 3 is 2.68 bits per heavy atom. The summed E-state index contributed by atoms with van der Waals surface area (Å²) in [5.74, 6) is 2.63. The van der Waals surface area contributed by atoms with Crippen LogP contribution >= 0.6 is 11.8 Å². The predicted octanol–water partition coefficient (Wildman–Crippen LogP) is 3.76. The highest BCUT2D eigenvalue weighted by Crippen LogP contribution is 2.36. The van der Waals surface area contributed by atoms with E-state index in [2.05, 4.69) is 10.2 Å². The second-order valence-electron chi connectivity index (χ2n) is 5.68. The van der Waals surface area contributed by atoms with Crippen molar-refractivity contribution in [3.63, 3.8) is 0 Å². The van der Waals surface area contributed by atoms with Crippen molar-refractivity contribution in [2.24, 2.45) is 7.05 Å². The van der Waals surface area contributed by atoms with Gasteiger partial charge in [-0.1, -0.05) is 36.0 Å². The summed E-state index contributed by atoms with van der Waals surface area (Å²) in [6, 6.07) is 14.0. The fourth-order valence-electron chi connectivity index (χ4n) is 2.61. The maximum absolute atomic E-state index is 13.0. The highest BCUT2D eigenvalue weighted by molar-refractivity contribution is 7.98. The van der Waals surface area contributed by atoms with Crippen LogP contribution in [0.1, 0.15) is 17.5 Å². The molecule has 2 aromatic carbocycles. The Bertz CT molecular complexity index is 882. The molecule has 1 aliphatic heterocycles. The van der Waals surface area contributed by atoms with Crippen LogP contribution in [-0.4, -0.2) is 21.4 Å². The van der Waals surface area contributed by atoms with Gasteiger partial charge in [-0.05, 0) is 29.8 Å². The van der Waals surface area contributed by atoms with Gasteiger partial charge in [-0.3, -0.25) is 0 Å². The minimum Gasteiger partial charge on any atom is -0.485 e. The van der Waals surface area contributed by atoms with Crippen molar-refractivity contribution in [1.29, 1.82) is 0 Å². The van der Waals surface area contributed by atoms with Crippen LogP contribution in [0.3, 0.4) is 0 Å².